The quantitative estimate of drug-likeness (QED) is 0.279. The molecule has 6 heteroatoms. The van der Waals surface area contributed by atoms with Gasteiger partial charge < -0.3 is 23.7 Å². The molecule has 0 aromatic heterocycles. The van der Waals surface area contributed by atoms with E-state index in [0.29, 0.717) is 12.4 Å². The van der Waals surface area contributed by atoms with Crippen molar-refractivity contribution in [3.05, 3.63) is 10.2 Å². The minimum atomic E-state index is -0.671. The lowest BCUT2D eigenvalue weighted by molar-refractivity contribution is -0.187. The lowest BCUT2D eigenvalue weighted by atomic mass is 10.1. The highest BCUT2D eigenvalue weighted by atomic mass is 79.9. The van der Waals surface area contributed by atoms with Gasteiger partial charge in [-0.25, -0.2) is 0 Å². The summed E-state index contributed by atoms with van der Waals surface area (Å²) in [5.74, 6) is 5.93. The van der Waals surface area contributed by atoms with E-state index in [-0.39, 0.29) is 24.4 Å². The summed E-state index contributed by atoms with van der Waals surface area (Å²) >= 11 is 3.63. The van der Waals surface area contributed by atoms with Gasteiger partial charge in [-0.2, -0.15) is 0 Å². The van der Waals surface area contributed by atoms with Crippen LogP contribution in [0, 0.1) is 11.8 Å². The molecule has 0 radical (unpaired) electrons. The van der Waals surface area contributed by atoms with E-state index in [0.717, 1.165) is 17.3 Å². The third-order valence-electron chi connectivity index (χ3n) is 5.94. The summed E-state index contributed by atoms with van der Waals surface area (Å²) in [6, 6.07) is 0. The molecule has 4 atom stereocenters. The normalized spacial score (nSPS) is 32.3. The van der Waals surface area contributed by atoms with Gasteiger partial charge in [0.25, 0.3) is 0 Å². The number of halogens is 1. The van der Waals surface area contributed by atoms with Crippen molar-refractivity contribution in [3.8, 4) is 11.8 Å². The van der Waals surface area contributed by atoms with Gasteiger partial charge in [0.2, 0.25) is 0 Å². The third kappa shape index (κ3) is 6.95. The maximum Gasteiger partial charge on any atom is 0.164 e. The Bertz CT molecular complexity index is 690. The van der Waals surface area contributed by atoms with Gasteiger partial charge in [0.15, 0.2) is 23.4 Å². The van der Waals surface area contributed by atoms with E-state index in [2.05, 4.69) is 34.7 Å². The van der Waals surface area contributed by atoms with Gasteiger partial charge in [-0.05, 0) is 50.0 Å². The standard InChI is InChI=1S/C25H39BrO5/c1-6-7-8-9-10-11-12-13-14-15-16-18(26)20-22-23(31-25(4,5)30-22)21(28-20)19-17-27-24(2,3)29-19/h19,21-23H,6-14,17H2,1-5H3/b20-18-/t19-,21-,22-,23+/m1/s1. The fourth-order valence-electron chi connectivity index (χ4n) is 4.40. The Morgan fingerprint density at radius 3 is 2.23 bits per heavy atom. The molecule has 0 amide bonds. The van der Waals surface area contributed by atoms with Gasteiger partial charge >= 0.3 is 0 Å². The van der Waals surface area contributed by atoms with E-state index in [1.807, 2.05) is 27.7 Å². The zero-order chi connectivity index (χ0) is 22.5. The Kier molecular flexibility index (Phi) is 8.91. The van der Waals surface area contributed by atoms with Gasteiger partial charge in [0.1, 0.15) is 22.8 Å². The van der Waals surface area contributed by atoms with Crippen molar-refractivity contribution in [1.82, 2.24) is 0 Å². The number of ether oxygens (including phenoxy) is 5. The predicted octanol–water partition coefficient (Wildman–Crippen LogP) is 6.20. The van der Waals surface area contributed by atoms with Crippen LogP contribution in [0.5, 0.6) is 0 Å². The van der Waals surface area contributed by atoms with Crippen molar-refractivity contribution in [1.29, 1.82) is 0 Å². The van der Waals surface area contributed by atoms with Crippen molar-refractivity contribution in [3.63, 3.8) is 0 Å². The number of unbranched alkanes of at least 4 members (excludes halogenated alkanes) is 8. The van der Waals surface area contributed by atoms with Gasteiger partial charge in [0, 0.05) is 6.42 Å². The van der Waals surface area contributed by atoms with Crippen LogP contribution >= 0.6 is 15.9 Å². The summed E-state index contributed by atoms with van der Waals surface area (Å²) in [5, 5.41) is 0. The third-order valence-corrected chi connectivity index (χ3v) is 6.53. The van der Waals surface area contributed by atoms with Crippen molar-refractivity contribution >= 4 is 15.9 Å². The van der Waals surface area contributed by atoms with Crippen LogP contribution in [-0.2, 0) is 23.7 Å². The molecule has 5 nitrogen and oxygen atoms in total. The molecule has 0 unspecified atom stereocenters. The first-order valence-electron chi connectivity index (χ1n) is 11.9. The van der Waals surface area contributed by atoms with E-state index in [4.69, 9.17) is 23.7 Å². The Labute approximate surface area is 196 Å². The largest absolute Gasteiger partial charge is 0.484 e. The molecule has 0 spiro atoms. The van der Waals surface area contributed by atoms with Crippen LogP contribution in [0.3, 0.4) is 0 Å². The van der Waals surface area contributed by atoms with E-state index in [9.17, 15) is 0 Å². The van der Waals surface area contributed by atoms with Crippen LogP contribution in [0.2, 0.25) is 0 Å². The van der Waals surface area contributed by atoms with Gasteiger partial charge in [-0.1, -0.05) is 63.7 Å². The highest BCUT2D eigenvalue weighted by molar-refractivity contribution is 9.12. The molecule has 3 fully saturated rings. The van der Waals surface area contributed by atoms with Crippen molar-refractivity contribution in [2.24, 2.45) is 0 Å². The van der Waals surface area contributed by atoms with Crippen molar-refractivity contribution in [2.45, 2.75) is 128 Å². The van der Waals surface area contributed by atoms with Crippen LogP contribution in [0.15, 0.2) is 10.2 Å². The van der Waals surface area contributed by atoms with Crippen LogP contribution in [0.4, 0.5) is 0 Å². The molecule has 3 rings (SSSR count). The van der Waals surface area contributed by atoms with Gasteiger partial charge in [-0.3, -0.25) is 0 Å². The highest BCUT2D eigenvalue weighted by Gasteiger charge is 2.58. The summed E-state index contributed by atoms with van der Waals surface area (Å²) in [7, 11) is 0. The summed E-state index contributed by atoms with van der Waals surface area (Å²) < 4.78 is 31.1. The molecule has 3 heterocycles. The minimum absolute atomic E-state index is 0.205. The molecule has 0 aromatic carbocycles. The second kappa shape index (κ2) is 11.0. The number of fused-ring (bicyclic) bond motifs is 1. The summed E-state index contributed by atoms with van der Waals surface area (Å²) in [4.78, 5) is 0. The fraction of sp³-hybridized carbons (Fsp3) is 0.840. The maximum atomic E-state index is 6.28. The SMILES string of the molecule is CCCCCCCCCCC#C/C(Br)=C1/O[C@H]([C@H]2COC(C)(C)O2)[C@@H]2OC(C)(C)O[C@H]12. The lowest BCUT2D eigenvalue weighted by Gasteiger charge is -2.26. The zero-order valence-electron chi connectivity index (χ0n) is 19.8. The fourth-order valence-corrected chi connectivity index (χ4v) is 4.86. The summed E-state index contributed by atoms with van der Waals surface area (Å²) in [6.45, 7) is 10.4. The number of hydrogen-bond donors (Lipinski definition) is 0. The molecule has 0 aliphatic carbocycles. The number of rotatable bonds is 9. The Balaban J connectivity index is 1.54. The molecule has 0 bridgehead atoms. The number of hydrogen-bond acceptors (Lipinski definition) is 5. The Hall–Kier alpha value is -0.580. The first kappa shape index (κ1) is 25.1. The summed E-state index contributed by atoms with van der Waals surface area (Å²) in [5.41, 5.74) is 0. The molecular weight excluding hydrogens is 460 g/mol. The molecule has 3 saturated heterocycles. The van der Waals surface area contributed by atoms with Crippen LogP contribution in [0.1, 0.15) is 92.4 Å². The molecule has 3 aliphatic heterocycles. The van der Waals surface area contributed by atoms with E-state index in [1.165, 1.54) is 44.9 Å². The second-order valence-corrected chi connectivity index (χ2v) is 10.5. The Morgan fingerprint density at radius 1 is 0.903 bits per heavy atom. The van der Waals surface area contributed by atoms with E-state index < -0.39 is 11.6 Å². The Morgan fingerprint density at radius 2 is 1.58 bits per heavy atom. The van der Waals surface area contributed by atoms with Crippen LogP contribution in [0.25, 0.3) is 0 Å². The average molecular weight is 499 g/mol. The molecule has 31 heavy (non-hydrogen) atoms. The highest BCUT2D eigenvalue weighted by Crippen LogP contribution is 2.45. The van der Waals surface area contributed by atoms with E-state index >= 15 is 0 Å². The molecule has 0 aromatic rings. The van der Waals surface area contributed by atoms with E-state index in [1.54, 1.807) is 0 Å². The average Bonchev–Trinajstić information content (AvgIpc) is 3.32. The van der Waals surface area contributed by atoms with Crippen LogP contribution in [-0.4, -0.2) is 42.6 Å². The molecule has 3 aliphatic rings. The van der Waals surface area contributed by atoms with Gasteiger partial charge in [0.05, 0.1) is 6.61 Å². The molecule has 0 saturated carbocycles. The predicted molar refractivity (Wildman–Crippen MR) is 125 cm³/mol. The zero-order valence-corrected chi connectivity index (χ0v) is 21.4. The maximum absolute atomic E-state index is 6.28. The molecular formula is C25H39BrO5. The van der Waals surface area contributed by atoms with Crippen LogP contribution < -0.4 is 0 Å². The second-order valence-electron chi connectivity index (χ2n) is 9.68. The van der Waals surface area contributed by atoms with Crippen molar-refractivity contribution < 1.29 is 23.7 Å². The van der Waals surface area contributed by atoms with Gasteiger partial charge in [-0.15, -0.1) is 0 Å². The molecule has 176 valence electrons. The topological polar surface area (TPSA) is 46.2 Å². The first-order chi connectivity index (χ1) is 14.7. The first-order valence-corrected chi connectivity index (χ1v) is 12.7. The monoisotopic (exact) mass is 498 g/mol. The number of allylic oxidation sites excluding steroid dienone is 1. The lowest BCUT2D eigenvalue weighted by Crippen LogP contribution is -2.40. The summed E-state index contributed by atoms with van der Waals surface area (Å²) in [6.07, 6.45) is 10.3. The molecule has 0 N–H and O–H groups in total. The smallest absolute Gasteiger partial charge is 0.164 e. The van der Waals surface area contributed by atoms with Crippen molar-refractivity contribution in [2.75, 3.05) is 6.61 Å². The minimum Gasteiger partial charge on any atom is -0.484 e.